The van der Waals surface area contributed by atoms with E-state index in [0.717, 1.165) is 32.4 Å². The molecule has 2 N–H and O–H groups in total. The van der Waals surface area contributed by atoms with Gasteiger partial charge in [0, 0.05) is 31.5 Å². The minimum absolute atomic E-state index is 0.124. The number of nitrogens with zero attached hydrogens (tertiary/aromatic N) is 2. The second-order valence-corrected chi connectivity index (χ2v) is 6.68. The molecule has 0 saturated carbocycles. The highest BCUT2D eigenvalue weighted by atomic mass is 16.2. The quantitative estimate of drug-likeness (QED) is 0.915. The van der Waals surface area contributed by atoms with Crippen molar-refractivity contribution >= 4 is 11.8 Å². The van der Waals surface area contributed by atoms with E-state index in [4.69, 9.17) is 5.73 Å². The fourth-order valence-corrected chi connectivity index (χ4v) is 4.30. The zero-order valence-corrected chi connectivity index (χ0v) is 13.6. The molecule has 3 atom stereocenters. The van der Waals surface area contributed by atoms with Crippen LogP contribution in [0.5, 0.6) is 0 Å². The highest BCUT2D eigenvalue weighted by Crippen LogP contribution is 2.39. The fraction of sp³-hybridized carbons (Fsp3) is 0.556. The molecule has 2 heterocycles. The summed E-state index contributed by atoms with van der Waals surface area (Å²) in [7, 11) is 0. The topological polar surface area (TPSA) is 66.6 Å². The molecule has 5 heteroatoms. The summed E-state index contributed by atoms with van der Waals surface area (Å²) in [6.45, 7) is 3.52. The second-order valence-electron chi connectivity index (χ2n) is 6.68. The number of rotatable bonds is 3. The third kappa shape index (κ3) is 3.24. The Morgan fingerprint density at radius 1 is 1.22 bits per heavy atom. The number of nitrogens with two attached hydrogens (primary N) is 1. The van der Waals surface area contributed by atoms with Crippen molar-refractivity contribution in [2.45, 2.75) is 44.2 Å². The molecular weight excluding hydrogens is 290 g/mol. The van der Waals surface area contributed by atoms with Crippen LogP contribution in [0, 0.1) is 0 Å². The van der Waals surface area contributed by atoms with Gasteiger partial charge in [0.2, 0.25) is 11.8 Å². The summed E-state index contributed by atoms with van der Waals surface area (Å²) in [5.41, 5.74) is 6.71. The van der Waals surface area contributed by atoms with Gasteiger partial charge in [-0.15, -0.1) is 0 Å². The molecule has 2 amide bonds. The minimum atomic E-state index is -0.293. The van der Waals surface area contributed by atoms with Gasteiger partial charge in [-0.2, -0.15) is 0 Å². The van der Waals surface area contributed by atoms with Crippen LogP contribution in [-0.4, -0.2) is 53.3 Å². The molecule has 0 unspecified atom stereocenters. The average Bonchev–Trinajstić information content (AvgIpc) is 2.79. The van der Waals surface area contributed by atoms with Crippen LogP contribution in [0.2, 0.25) is 0 Å². The first-order chi connectivity index (χ1) is 11.1. The van der Waals surface area contributed by atoms with Gasteiger partial charge in [0.1, 0.15) is 0 Å². The van der Waals surface area contributed by atoms with Crippen LogP contribution in [0.25, 0.3) is 0 Å². The average molecular weight is 315 g/mol. The highest BCUT2D eigenvalue weighted by Gasteiger charge is 2.47. The Hall–Kier alpha value is -1.88. The van der Waals surface area contributed by atoms with Gasteiger partial charge in [0.15, 0.2) is 0 Å². The van der Waals surface area contributed by atoms with Crippen molar-refractivity contribution in [3.05, 3.63) is 35.9 Å². The highest BCUT2D eigenvalue weighted by molar-refractivity contribution is 5.76. The van der Waals surface area contributed by atoms with Crippen molar-refractivity contribution in [3.63, 3.8) is 0 Å². The molecule has 124 valence electrons. The molecule has 2 saturated heterocycles. The number of hydrogen-bond donors (Lipinski definition) is 1. The van der Waals surface area contributed by atoms with E-state index in [1.54, 1.807) is 6.92 Å². The van der Waals surface area contributed by atoms with E-state index in [-0.39, 0.29) is 36.4 Å². The lowest BCUT2D eigenvalue weighted by Crippen LogP contribution is -2.49. The molecule has 0 spiro atoms. The molecule has 2 aliphatic rings. The van der Waals surface area contributed by atoms with Crippen molar-refractivity contribution in [1.82, 2.24) is 9.80 Å². The fourth-order valence-electron chi connectivity index (χ4n) is 4.30. The van der Waals surface area contributed by atoms with Crippen LogP contribution in [0.15, 0.2) is 30.3 Å². The van der Waals surface area contributed by atoms with Gasteiger partial charge < -0.3 is 10.6 Å². The first-order valence-electron chi connectivity index (χ1n) is 8.42. The number of primary amides is 1. The lowest BCUT2D eigenvalue weighted by molar-refractivity contribution is -0.130. The first-order valence-corrected chi connectivity index (χ1v) is 8.42. The van der Waals surface area contributed by atoms with Crippen molar-refractivity contribution in [1.29, 1.82) is 0 Å². The maximum Gasteiger partial charge on any atom is 0.231 e. The predicted molar refractivity (Wildman–Crippen MR) is 88.8 cm³/mol. The number of likely N-dealkylation sites (tertiary alicyclic amines) is 2. The third-order valence-corrected chi connectivity index (χ3v) is 5.21. The lowest BCUT2D eigenvalue weighted by Gasteiger charge is -2.34. The summed E-state index contributed by atoms with van der Waals surface area (Å²) in [5, 5.41) is 0. The molecule has 0 aromatic heterocycles. The van der Waals surface area contributed by atoms with E-state index in [1.165, 1.54) is 5.56 Å². The Kier molecular flexibility index (Phi) is 4.66. The van der Waals surface area contributed by atoms with E-state index in [2.05, 4.69) is 17.0 Å². The Morgan fingerprint density at radius 2 is 1.96 bits per heavy atom. The van der Waals surface area contributed by atoms with Crippen molar-refractivity contribution < 1.29 is 9.59 Å². The van der Waals surface area contributed by atoms with Gasteiger partial charge in [-0.05, 0) is 24.9 Å². The maximum absolute atomic E-state index is 12.1. The van der Waals surface area contributed by atoms with Crippen molar-refractivity contribution in [2.75, 3.05) is 19.6 Å². The van der Waals surface area contributed by atoms with Gasteiger partial charge in [-0.3, -0.25) is 14.5 Å². The molecule has 1 aromatic rings. The van der Waals surface area contributed by atoms with Gasteiger partial charge in [0.05, 0.1) is 6.54 Å². The molecule has 0 radical (unpaired) electrons. The molecule has 0 aliphatic carbocycles. The van der Waals surface area contributed by atoms with E-state index in [1.807, 2.05) is 23.1 Å². The monoisotopic (exact) mass is 315 g/mol. The maximum atomic E-state index is 12.1. The summed E-state index contributed by atoms with van der Waals surface area (Å²) < 4.78 is 0. The molecule has 5 nitrogen and oxygen atoms in total. The van der Waals surface area contributed by atoms with Crippen molar-refractivity contribution in [3.8, 4) is 0 Å². The van der Waals surface area contributed by atoms with E-state index < -0.39 is 0 Å². The predicted octanol–water partition coefficient (Wildman–Crippen LogP) is 1.34. The second kappa shape index (κ2) is 6.71. The summed E-state index contributed by atoms with van der Waals surface area (Å²) >= 11 is 0. The van der Waals surface area contributed by atoms with Gasteiger partial charge in [0.25, 0.3) is 0 Å². The minimum Gasteiger partial charge on any atom is -0.369 e. The van der Waals surface area contributed by atoms with E-state index in [0.29, 0.717) is 0 Å². The molecule has 0 bridgehead atoms. The van der Waals surface area contributed by atoms with E-state index >= 15 is 0 Å². The summed E-state index contributed by atoms with van der Waals surface area (Å²) in [5.74, 6) is 0.0700. The number of carbonyl (C=O) groups excluding carboxylic acids is 2. The largest absolute Gasteiger partial charge is 0.369 e. The SMILES string of the molecule is CC(=O)N1C[C@@H](c2ccccc2)[C@H]2[C@@H]1CCCCN2CC(N)=O. The Balaban J connectivity index is 1.97. The number of carbonyl (C=O) groups is 2. The Bertz CT molecular complexity index is 575. The Labute approximate surface area is 137 Å². The first kappa shape index (κ1) is 16.0. The van der Waals surface area contributed by atoms with Crippen LogP contribution in [-0.2, 0) is 9.59 Å². The standard InChI is InChI=1S/C18H25N3O2/c1-13(22)21-11-15(14-7-3-2-4-8-14)18-16(21)9-5-6-10-20(18)12-17(19)23/h2-4,7-8,15-16,18H,5-6,9-12H2,1H3,(H2,19,23)/t15-,16-,18-/m0/s1. The summed E-state index contributed by atoms with van der Waals surface area (Å²) in [6.07, 6.45) is 3.14. The molecule has 23 heavy (non-hydrogen) atoms. The lowest BCUT2D eigenvalue weighted by atomic mass is 9.89. The van der Waals surface area contributed by atoms with Crippen LogP contribution in [0.1, 0.15) is 37.7 Å². The number of amides is 2. The zero-order valence-electron chi connectivity index (χ0n) is 13.6. The van der Waals surface area contributed by atoms with Crippen LogP contribution >= 0.6 is 0 Å². The van der Waals surface area contributed by atoms with Crippen LogP contribution in [0.4, 0.5) is 0 Å². The number of hydrogen-bond acceptors (Lipinski definition) is 3. The number of fused-ring (bicyclic) bond motifs is 1. The zero-order chi connectivity index (χ0) is 16.4. The van der Waals surface area contributed by atoms with Gasteiger partial charge >= 0.3 is 0 Å². The molecule has 2 aliphatic heterocycles. The third-order valence-electron chi connectivity index (χ3n) is 5.21. The smallest absolute Gasteiger partial charge is 0.231 e. The van der Waals surface area contributed by atoms with Gasteiger partial charge in [-0.25, -0.2) is 0 Å². The van der Waals surface area contributed by atoms with Crippen LogP contribution in [0.3, 0.4) is 0 Å². The summed E-state index contributed by atoms with van der Waals surface area (Å²) in [4.78, 5) is 27.9. The van der Waals surface area contributed by atoms with Crippen molar-refractivity contribution in [2.24, 2.45) is 5.73 Å². The molecule has 3 rings (SSSR count). The molecule has 1 aromatic carbocycles. The summed E-state index contributed by atoms with van der Waals surface area (Å²) in [6, 6.07) is 10.7. The van der Waals surface area contributed by atoms with Gasteiger partial charge in [-0.1, -0.05) is 36.8 Å². The molecule has 2 fully saturated rings. The normalized spacial score (nSPS) is 28.2. The Morgan fingerprint density at radius 3 is 2.61 bits per heavy atom. The molecular formula is C18H25N3O2. The number of benzene rings is 1. The van der Waals surface area contributed by atoms with Crippen LogP contribution < -0.4 is 5.73 Å². The van der Waals surface area contributed by atoms with E-state index in [9.17, 15) is 9.59 Å².